The van der Waals surface area contributed by atoms with Gasteiger partial charge in [-0.25, -0.2) is 4.39 Å². The molecule has 0 aliphatic heterocycles. The van der Waals surface area contributed by atoms with Crippen molar-refractivity contribution in [1.82, 2.24) is 0 Å². The Morgan fingerprint density at radius 1 is 1.35 bits per heavy atom. The van der Waals surface area contributed by atoms with Crippen molar-refractivity contribution >= 4 is 11.6 Å². The van der Waals surface area contributed by atoms with Crippen molar-refractivity contribution in [2.75, 3.05) is 5.32 Å². The van der Waals surface area contributed by atoms with Crippen molar-refractivity contribution in [1.29, 1.82) is 0 Å². The van der Waals surface area contributed by atoms with E-state index in [0.717, 1.165) is 6.07 Å². The molecule has 6 heteroatoms. The number of halogens is 4. The maximum absolute atomic E-state index is 12.8. The first-order chi connectivity index (χ1) is 7.78. The molecule has 0 heterocycles. The molecule has 0 aliphatic rings. The monoisotopic (exact) mass is 249 g/mol. The average Bonchev–Trinajstić information content (AvgIpc) is 2.20. The minimum atomic E-state index is -4.37. The minimum absolute atomic E-state index is 0.192. The van der Waals surface area contributed by atoms with E-state index < -0.39 is 30.7 Å². The third-order valence-electron chi connectivity index (χ3n) is 2.11. The molecule has 94 valence electrons. The Hall–Kier alpha value is -1.59. The van der Waals surface area contributed by atoms with E-state index in [9.17, 15) is 22.4 Å². The molecule has 1 rings (SSSR count). The van der Waals surface area contributed by atoms with Crippen molar-refractivity contribution in [3.63, 3.8) is 0 Å². The van der Waals surface area contributed by atoms with E-state index in [0.29, 0.717) is 5.56 Å². The average molecular weight is 249 g/mol. The number of hydrogen-bond donors (Lipinski definition) is 1. The molecule has 0 saturated carbocycles. The second-order valence-corrected chi connectivity index (χ2v) is 3.62. The van der Waals surface area contributed by atoms with Gasteiger partial charge < -0.3 is 5.32 Å². The van der Waals surface area contributed by atoms with Crippen LogP contribution in [0.1, 0.15) is 18.4 Å². The molecule has 0 fully saturated rings. The number of aryl methyl sites for hydroxylation is 1. The lowest BCUT2D eigenvalue weighted by atomic mass is 10.2. The summed E-state index contributed by atoms with van der Waals surface area (Å²) < 4.78 is 48.4. The molecule has 1 amide bonds. The Labute approximate surface area is 95.6 Å². The summed E-state index contributed by atoms with van der Waals surface area (Å²) in [5.74, 6) is -1.34. The highest BCUT2D eigenvalue weighted by molar-refractivity contribution is 5.91. The molecule has 17 heavy (non-hydrogen) atoms. The van der Waals surface area contributed by atoms with Crippen molar-refractivity contribution < 1.29 is 22.4 Å². The van der Waals surface area contributed by atoms with Gasteiger partial charge in [0.15, 0.2) is 0 Å². The summed E-state index contributed by atoms with van der Waals surface area (Å²) in [6, 6.07) is 3.72. The third-order valence-corrected chi connectivity index (χ3v) is 2.11. The van der Waals surface area contributed by atoms with E-state index in [1.807, 2.05) is 0 Å². The molecular weight excluding hydrogens is 238 g/mol. The largest absolute Gasteiger partial charge is 0.389 e. The molecule has 0 aliphatic carbocycles. The Morgan fingerprint density at radius 2 is 2.00 bits per heavy atom. The van der Waals surface area contributed by atoms with E-state index in [-0.39, 0.29) is 5.69 Å². The normalized spacial score (nSPS) is 11.4. The van der Waals surface area contributed by atoms with Gasteiger partial charge in [0.2, 0.25) is 5.91 Å². The van der Waals surface area contributed by atoms with Gasteiger partial charge in [-0.1, -0.05) is 6.07 Å². The molecule has 0 saturated heterocycles. The lowest BCUT2D eigenvalue weighted by Crippen LogP contribution is -2.17. The van der Waals surface area contributed by atoms with Gasteiger partial charge in [-0.2, -0.15) is 13.2 Å². The number of carbonyl (C=O) groups excluding carboxylic acids is 1. The van der Waals surface area contributed by atoms with Gasteiger partial charge >= 0.3 is 6.18 Å². The van der Waals surface area contributed by atoms with Gasteiger partial charge in [0.05, 0.1) is 6.42 Å². The SMILES string of the molecule is Cc1ccc(F)cc1NC(=O)CCC(F)(F)F. The standard InChI is InChI=1S/C11H11F4NO/c1-7-2-3-8(12)6-9(7)16-10(17)4-5-11(13,14)15/h2-3,6H,4-5H2,1H3,(H,16,17). The van der Waals surface area contributed by atoms with E-state index in [4.69, 9.17) is 0 Å². The highest BCUT2D eigenvalue weighted by Crippen LogP contribution is 2.22. The van der Waals surface area contributed by atoms with Crippen molar-refractivity contribution in [2.45, 2.75) is 25.9 Å². The highest BCUT2D eigenvalue weighted by atomic mass is 19.4. The number of anilines is 1. The molecule has 0 atom stereocenters. The summed E-state index contributed by atoms with van der Waals surface area (Å²) >= 11 is 0. The maximum Gasteiger partial charge on any atom is 0.389 e. The molecule has 0 aromatic heterocycles. The van der Waals surface area contributed by atoms with E-state index >= 15 is 0 Å². The Bertz CT molecular complexity index is 414. The van der Waals surface area contributed by atoms with Gasteiger partial charge in [-0.05, 0) is 24.6 Å². The summed E-state index contributed by atoms with van der Waals surface area (Å²) in [6.07, 6.45) is -6.22. The van der Waals surface area contributed by atoms with E-state index in [2.05, 4.69) is 5.32 Å². The zero-order valence-electron chi connectivity index (χ0n) is 9.07. The first-order valence-electron chi connectivity index (χ1n) is 4.91. The second-order valence-electron chi connectivity index (χ2n) is 3.62. The van der Waals surface area contributed by atoms with Crippen molar-refractivity contribution in [2.24, 2.45) is 0 Å². The van der Waals surface area contributed by atoms with Crippen LogP contribution < -0.4 is 5.32 Å². The fraction of sp³-hybridized carbons (Fsp3) is 0.364. The van der Waals surface area contributed by atoms with Crippen LogP contribution >= 0.6 is 0 Å². The second kappa shape index (κ2) is 5.16. The third kappa shape index (κ3) is 4.84. The van der Waals surface area contributed by atoms with Crippen LogP contribution in [0.15, 0.2) is 18.2 Å². The summed E-state index contributed by atoms with van der Waals surface area (Å²) in [7, 11) is 0. The van der Waals surface area contributed by atoms with Crippen LogP contribution in [0.5, 0.6) is 0 Å². The van der Waals surface area contributed by atoms with Gasteiger partial charge in [0, 0.05) is 12.1 Å². The predicted octanol–water partition coefficient (Wildman–Crippen LogP) is 3.42. The van der Waals surface area contributed by atoms with Crippen LogP contribution in [-0.2, 0) is 4.79 Å². The van der Waals surface area contributed by atoms with Crippen LogP contribution in [0.4, 0.5) is 23.2 Å². The number of rotatable bonds is 3. The Kier molecular flexibility index (Phi) is 4.09. The molecule has 0 bridgehead atoms. The topological polar surface area (TPSA) is 29.1 Å². The Balaban J connectivity index is 2.59. The van der Waals surface area contributed by atoms with Gasteiger partial charge in [-0.3, -0.25) is 4.79 Å². The number of hydrogen-bond acceptors (Lipinski definition) is 1. The molecular formula is C11H11F4NO. The van der Waals surface area contributed by atoms with Crippen LogP contribution in [0.25, 0.3) is 0 Å². The smallest absolute Gasteiger partial charge is 0.326 e. The van der Waals surface area contributed by atoms with Gasteiger partial charge in [0.25, 0.3) is 0 Å². The molecule has 1 N–H and O–H groups in total. The minimum Gasteiger partial charge on any atom is -0.326 e. The summed E-state index contributed by atoms with van der Waals surface area (Å²) in [5.41, 5.74) is 0.781. The fourth-order valence-electron chi connectivity index (χ4n) is 1.20. The highest BCUT2D eigenvalue weighted by Gasteiger charge is 2.27. The van der Waals surface area contributed by atoms with Crippen molar-refractivity contribution in [3.05, 3.63) is 29.6 Å². The molecule has 0 unspecified atom stereocenters. The number of carbonyl (C=O) groups is 1. The number of nitrogens with one attached hydrogen (secondary N) is 1. The summed E-state index contributed by atoms with van der Waals surface area (Å²) in [4.78, 5) is 11.2. The predicted molar refractivity (Wildman–Crippen MR) is 55.1 cm³/mol. The van der Waals surface area contributed by atoms with E-state index in [1.54, 1.807) is 6.92 Å². The van der Waals surface area contributed by atoms with Gasteiger partial charge in [-0.15, -0.1) is 0 Å². The van der Waals surface area contributed by atoms with Crippen LogP contribution in [0, 0.1) is 12.7 Å². The molecule has 1 aromatic carbocycles. The van der Waals surface area contributed by atoms with E-state index in [1.165, 1.54) is 12.1 Å². The van der Waals surface area contributed by atoms with Crippen molar-refractivity contribution in [3.8, 4) is 0 Å². The molecule has 1 aromatic rings. The quantitative estimate of drug-likeness (QED) is 0.817. The molecule has 0 spiro atoms. The Morgan fingerprint density at radius 3 is 2.59 bits per heavy atom. The first kappa shape index (κ1) is 13.5. The molecule has 2 nitrogen and oxygen atoms in total. The zero-order valence-corrected chi connectivity index (χ0v) is 9.07. The number of benzene rings is 1. The maximum atomic E-state index is 12.8. The van der Waals surface area contributed by atoms with Gasteiger partial charge in [0.1, 0.15) is 5.82 Å². The fourth-order valence-corrected chi connectivity index (χ4v) is 1.20. The summed E-state index contributed by atoms with van der Waals surface area (Å²) in [5, 5.41) is 2.24. The first-order valence-corrected chi connectivity index (χ1v) is 4.91. The number of amides is 1. The lowest BCUT2D eigenvalue weighted by Gasteiger charge is -2.09. The van der Waals surface area contributed by atoms with Crippen LogP contribution in [0.2, 0.25) is 0 Å². The summed E-state index contributed by atoms with van der Waals surface area (Å²) in [6.45, 7) is 1.62. The molecule has 0 radical (unpaired) electrons. The lowest BCUT2D eigenvalue weighted by molar-refractivity contribution is -0.142. The zero-order chi connectivity index (χ0) is 13.1. The number of alkyl halides is 3. The van der Waals surface area contributed by atoms with Crippen LogP contribution in [0.3, 0.4) is 0 Å². The van der Waals surface area contributed by atoms with Crippen LogP contribution in [-0.4, -0.2) is 12.1 Å².